The number of halogens is 1. The maximum Gasteiger partial charge on any atom is 0.411 e. The Kier molecular flexibility index (Phi) is 7.39. The number of hydrogen-bond donors (Lipinski definition) is 1. The number of benzene rings is 2. The van der Waals surface area contributed by atoms with E-state index in [4.69, 9.17) is 11.6 Å². The van der Waals surface area contributed by atoms with Gasteiger partial charge in [-0.25, -0.2) is 9.78 Å². The number of nitrogens with zero attached hydrogens (tertiary/aromatic N) is 2. The minimum absolute atomic E-state index is 0.379. The molecule has 1 amide bonds. The summed E-state index contributed by atoms with van der Waals surface area (Å²) in [6.07, 6.45) is 7.16. The van der Waals surface area contributed by atoms with Crippen LogP contribution in [0, 0.1) is 0 Å². The molecule has 0 fully saturated rings. The summed E-state index contributed by atoms with van der Waals surface area (Å²) in [5.41, 5.74) is 1.99. The zero-order valence-corrected chi connectivity index (χ0v) is 17.1. The molecule has 28 heavy (non-hydrogen) atoms. The van der Waals surface area contributed by atoms with E-state index in [9.17, 15) is 4.79 Å². The van der Waals surface area contributed by atoms with Crippen molar-refractivity contribution >= 4 is 35.1 Å². The van der Waals surface area contributed by atoms with E-state index in [2.05, 4.69) is 31.7 Å². The predicted molar refractivity (Wildman–Crippen MR) is 114 cm³/mol. The first-order chi connectivity index (χ1) is 13.6. The molecule has 3 rings (SSSR count). The van der Waals surface area contributed by atoms with Crippen molar-refractivity contribution in [3.05, 3.63) is 77.8 Å². The fraction of sp³-hybridized carbons (Fsp3) is 0.238. The van der Waals surface area contributed by atoms with Gasteiger partial charge in [-0.15, -0.1) is 11.8 Å². The largest absolute Gasteiger partial charge is 0.453 e. The first-order valence-electron chi connectivity index (χ1n) is 8.94. The second-order valence-electron chi connectivity index (χ2n) is 6.31. The van der Waals surface area contributed by atoms with Crippen molar-refractivity contribution < 1.29 is 9.53 Å². The van der Waals surface area contributed by atoms with E-state index >= 15 is 0 Å². The van der Waals surface area contributed by atoms with E-state index in [1.54, 1.807) is 6.20 Å². The number of amides is 1. The molecule has 0 aliphatic carbocycles. The minimum Gasteiger partial charge on any atom is -0.453 e. The standard InChI is InChI=1S/C21H22ClN3O2S/c1-27-21(26)24-18-7-10-19(11-8-18)28-20(14-25-13-12-23-15-25)9-4-16-2-5-17(22)6-3-16/h2-3,5-8,10-13,15,20H,4,9,14H2,1H3,(H,24,26). The van der Waals surface area contributed by atoms with Gasteiger partial charge in [-0.1, -0.05) is 23.7 Å². The summed E-state index contributed by atoms with van der Waals surface area (Å²) in [6.45, 7) is 0.875. The molecule has 1 N–H and O–H groups in total. The van der Waals surface area contributed by atoms with Gasteiger partial charge < -0.3 is 9.30 Å². The molecule has 0 saturated heterocycles. The number of carbonyl (C=O) groups excluding carboxylic acids is 1. The van der Waals surface area contributed by atoms with Crippen LogP contribution < -0.4 is 5.32 Å². The van der Waals surface area contributed by atoms with E-state index in [1.165, 1.54) is 12.7 Å². The Hall–Kier alpha value is -2.44. The van der Waals surface area contributed by atoms with Gasteiger partial charge in [-0.3, -0.25) is 5.32 Å². The summed E-state index contributed by atoms with van der Waals surface area (Å²) >= 11 is 7.81. The number of carbonyl (C=O) groups is 1. The second kappa shape index (κ2) is 10.2. The van der Waals surface area contributed by atoms with E-state index in [0.717, 1.165) is 29.3 Å². The first kappa shape index (κ1) is 20.3. The quantitative estimate of drug-likeness (QED) is 0.493. The maximum atomic E-state index is 11.3. The summed E-state index contributed by atoms with van der Waals surface area (Å²) in [6, 6.07) is 15.8. The number of ether oxygens (including phenoxy) is 1. The molecule has 1 aromatic heterocycles. The number of anilines is 1. The first-order valence-corrected chi connectivity index (χ1v) is 10.2. The van der Waals surface area contributed by atoms with Crippen LogP contribution in [0.5, 0.6) is 0 Å². The molecule has 0 bridgehead atoms. The smallest absolute Gasteiger partial charge is 0.411 e. The Morgan fingerprint density at radius 2 is 1.96 bits per heavy atom. The molecule has 146 valence electrons. The molecule has 5 nitrogen and oxygen atoms in total. The topological polar surface area (TPSA) is 56.1 Å². The molecule has 7 heteroatoms. The highest BCUT2D eigenvalue weighted by atomic mass is 35.5. The van der Waals surface area contributed by atoms with Crippen LogP contribution in [0.1, 0.15) is 12.0 Å². The van der Waals surface area contributed by atoms with Crippen LogP contribution in [0.15, 0.2) is 72.1 Å². The summed E-state index contributed by atoms with van der Waals surface area (Å²) in [5.74, 6) is 0. The van der Waals surface area contributed by atoms with Crippen molar-refractivity contribution in [3.63, 3.8) is 0 Å². The van der Waals surface area contributed by atoms with Gasteiger partial charge in [0.1, 0.15) is 0 Å². The predicted octanol–water partition coefficient (Wildman–Crippen LogP) is 5.51. The zero-order valence-electron chi connectivity index (χ0n) is 15.5. The Labute approximate surface area is 174 Å². The number of methoxy groups -OCH3 is 1. The molecule has 1 atom stereocenters. The molecule has 0 radical (unpaired) electrons. The molecule has 0 aliphatic heterocycles. The monoisotopic (exact) mass is 415 g/mol. The Morgan fingerprint density at radius 1 is 1.21 bits per heavy atom. The third kappa shape index (κ3) is 6.32. The second-order valence-corrected chi connectivity index (χ2v) is 8.12. The highest BCUT2D eigenvalue weighted by Gasteiger charge is 2.12. The molecule has 0 saturated carbocycles. The van der Waals surface area contributed by atoms with Crippen molar-refractivity contribution in [3.8, 4) is 0 Å². The van der Waals surface area contributed by atoms with E-state index in [0.29, 0.717) is 10.9 Å². The lowest BCUT2D eigenvalue weighted by atomic mass is 10.1. The third-order valence-electron chi connectivity index (χ3n) is 4.23. The summed E-state index contributed by atoms with van der Waals surface area (Å²) in [5, 5.41) is 3.80. The van der Waals surface area contributed by atoms with Crippen molar-refractivity contribution in [1.82, 2.24) is 9.55 Å². The molecule has 0 aliphatic rings. The van der Waals surface area contributed by atoms with Crippen molar-refractivity contribution in [2.24, 2.45) is 0 Å². The van der Waals surface area contributed by atoms with Crippen LogP contribution in [0.2, 0.25) is 5.02 Å². The fourth-order valence-corrected chi connectivity index (χ4v) is 4.06. The molecular weight excluding hydrogens is 394 g/mol. The summed E-state index contributed by atoms with van der Waals surface area (Å²) in [7, 11) is 1.35. The normalized spacial score (nSPS) is 11.8. The molecule has 2 aromatic carbocycles. The van der Waals surface area contributed by atoms with Crippen LogP contribution >= 0.6 is 23.4 Å². The SMILES string of the molecule is COC(=O)Nc1ccc(SC(CCc2ccc(Cl)cc2)Cn2ccnc2)cc1. The Morgan fingerprint density at radius 3 is 2.61 bits per heavy atom. The van der Waals surface area contributed by atoms with Crippen molar-refractivity contribution in [1.29, 1.82) is 0 Å². The van der Waals surface area contributed by atoms with Crippen LogP contribution in [-0.4, -0.2) is 28.0 Å². The van der Waals surface area contributed by atoms with Gasteiger partial charge in [0.05, 0.1) is 13.4 Å². The number of imidazole rings is 1. The van der Waals surface area contributed by atoms with Gasteiger partial charge in [0.25, 0.3) is 0 Å². The summed E-state index contributed by atoms with van der Waals surface area (Å²) < 4.78 is 6.72. The number of aryl methyl sites for hydroxylation is 1. The Balaban J connectivity index is 1.64. The minimum atomic E-state index is -0.471. The molecular formula is C21H22ClN3O2S. The molecule has 1 unspecified atom stereocenters. The average molecular weight is 416 g/mol. The summed E-state index contributed by atoms with van der Waals surface area (Å²) in [4.78, 5) is 16.6. The number of rotatable bonds is 8. The van der Waals surface area contributed by atoms with Gasteiger partial charge in [0.15, 0.2) is 0 Å². The highest BCUT2D eigenvalue weighted by molar-refractivity contribution is 8.00. The maximum absolute atomic E-state index is 11.3. The average Bonchev–Trinajstić information content (AvgIpc) is 3.22. The Bertz CT molecular complexity index is 868. The van der Waals surface area contributed by atoms with Crippen LogP contribution in [0.3, 0.4) is 0 Å². The van der Waals surface area contributed by atoms with Gasteiger partial charge in [-0.2, -0.15) is 0 Å². The number of hydrogen-bond acceptors (Lipinski definition) is 4. The molecule has 3 aromatic rings. The van der Waals surface area contributed by atoms with E-state index < -0.39 is 6.09 Å². The van der Waals surface area contributed by atoms with Gasteiger partial charge in [0, 0.05) is 39.8 Å². The lowest BCUT2D eigenvalue weighted by Crippen LogP contribution is -2.13. The van der Waals surface area contributed by atoms with Crippen molar-refractivity contribution in [2.75, 3.05) is 12.4 Å². The zero-order chi connectivity index (χ0) is 19.8. The number of nitrogens with one attached hydrogen (secondary N) is 1. The fourth-order valence-electron chi connectivity index (χ4n) is 2.77. The lowest BCUT2D eigenvalue weighted by molar-refractivity contribution is 0.187. The highest BCUT2D eigenvalue weighted by Crippen LogP contribution is 2.29. The van der Waals surface area contributed by atoms with E-state index in [-0.39, 0.29) is 0 Å². The molecule has 0 spiro atoms. The lowest BCUT2D eigenvalue weighted by Gasteiger charge is -2.18. The molecule has 1 heterocycles. The number of aromatic nitrogens is 2. The van der Waals surface area contributed by atoms with Gasteiger partial charge >= 0.3 is 6.09 Å². The van der Waals surface area contributed by atoms with Gasteiger partial charge in [0.2, 0.25) is 0 Å². The van der Waals surface area contributed by atoms with E-state index in [1.807, 2.05) is 60.7 Å². The van der Waals surface area contributed by atoms with Crippen LogP contribution in [0.25, 0.3) is 0 Å². The van der Waals surface area contributed by atoms with Gasteiger partial charge in [-0.05, 0) is 54.8 Å². The van der Waals surface area contributed by atoms with Crippen molar-refractivity contribution in [2.45, 2.75) is 29.5 Å². The number of thioether (sulfide) groups is 1. The third-order valence-corrected chi connectivity index (χ3v) is 5.75. The van der Waals surface area contributed by atoms with Crippen LogP contribution in [0.4, 0.5) is 10.5 Å². The van der Waals surface area contributed by atoms with Crippen LogP contribution in [-0.2, 0) is 17.7 Å².